The first-order valence-corrected chi connectivity index (χ1v) is 12.3. The van der Waals surface area contributed by atoms with Gasteiger partial charge in [-0.05, 0) is 6.42 Å². The van der Waals surface area contributed by atoms with Gasteiger partial charge in [0.25, 0.3) is 0 Å². The summed E-state index contributed by atoms with van der Waals surface area (Å²) in [4.78, 5) is 33.4. The van der Waals surface area contributed by atoms with Crippen LogP contribution in [-0.4, -0.2) is 36.0 Å². The Bertz CT molecular complexity index is 441. The summed E-state index contributed by atoms with van der Waals surface area (Å²) in [5, 5.41) is 13.9. The highest BCUT2D eigenvalue weighted by molar-refractivity contribution is 5.80. The standard InChI is InChI=1S/C24H46N2O4/c1-2-3-4-5-6-7-8-9-10-11-12-13-14-15-16-17-22(27)25-20-21-26-23(28)18-19-24(29)30/h2-21H2,1H3,(H,25,27)(H,26,28)(H,29,30). The summed E-state index contributed by atoms with van der Waals surface area (Å²) in [5.41, 5.74) is 0. The lowest BCUT2D eigenvalue weighted by Gasteiger charge is -2.07. The number of carbonyl (C=O) groups is 3. The lowest BCUT2D eigenvalue weighted by Crippen LogP contribution is -2.34. The Balaban J connectivity index is 3.24. The Labute approximate surface area is 184 Å². The largest absolute Gasteiger partial charge is 0.481 e. The van der Waals surface area contributed by atoms with Crippen molar-refractivity contribution in [2.75, 3.05) is 13.1 Å². The molecule has 0 fully saturated rings. The molecular weight excluding hydrogens is 380 g/mol. The van der Waals surface area contributed by atoms with E-state index in [0.717, 1.165) is 12.8 Å². The summed E-state index contributed by atoms with van der Waals surface area (Å²) in [6, 6.07) is 0. The Morgan fingerprint density at radius 1 is 0.533 bits per heavy atom. The third-order valence-electron chi connectivity index (χ3n) is 5.34. The molecule has 6 nitrogen and oxygen atoms in total. The molecule has 0 saturated heterocycles. The van der Waals surface area contributed by atoms with E-state index in [1.54, 1.807) is 0 Å². The molecule has 0 unspecified atom stereocenters. The molecule has 0 rings (SSSR count). The molecule has 6 heteroatoms. The summed E-state index contributed by atoms with van der Waals surface area (Å²) in [6.45, 7) is 2.98. The molecule has 0 aromatic heterocycles. The van der Waals surface area contributed by atoms with Crippen molar-refractivity contribution in [3.05, 3.63) is 0 Å². The van der Waals surface area contributed by atoms with Crippen LogP contribution in [-0.2, 0) is 14.4 Å². The number of rotatable bonds is 22. The molecule has 0 aliphatic rings. The maximum absolute atomic E-state index is 11.7. The summed E-state index contributed by atoms with van der Waals surface area (Å²) in [6.07, 6.45) is 20.0. The van der Waals surface area contributed by atoms with Crippen LogP contribution in [0.4, 0.5) is 0 Å². The molecule has 30 heavy (non-hydrogen) atoms. The monoisotopic (exact) mass is 426 g/mol. The molecule has 0 heterocycles. The average molecular weight is 427 g/mol. The van der Waals surface area contributed by atoms with Crippen molar-refractivity contribution in [1.82, 2.24) is 10.6 Å². The summed E-state index contributed by atoms with van der Waals surface area (Å²) in [5.74, 6) is -1.26. The normalized spacial score (nSPS) is 10.7. The predicted octanol–water partition coefficient (Wildman–Crippen LogP) is 5.35. The number of carboxylic acids is 1. The van der Waals surface area contributed by atoms with Gasteiger partial charge in [-0.2, -0.15) is 0 Å². The number of nitrogens with one attached hydrogen (secondary N) is 2. The number of carbonyl (C=O) groups excluding carboxylic acids is 2. The lowest BCUT2D eigenvalue weighted by atomic mass is 10.0. The molecule has 0 aliphatic heterocycles. The van der Waals surface area contributed by atoms with Crippen LogP contribution >= 0.6 is 0 Å². The molecule has 2 amide bonds. The highest BCUT2D eigenvalue weighted by Gasteiger charge is 2.05. The molecule has 0 aromatic carbocycles. The van der Waals surface area contributed by atoms with Crippen LogP contribution in [0.25, 0.3) is 0 Å². The molecular formula is C24H46N2O4. The molecule has 3 N–H and O–H groups in total. The maximum atomic E-state index is 11.7. The van der Waals surface area contributed by atoms with Crippen molar-refractivity contribution in [1.29, 1.82) is 0 Å². The van der Waals surface area contributed by atoms with E-state index in [-0.39, 0.29) is 24.7 Å². The fourth-order valence-corrected chi connectivity index (χ4v) is 3.46. The van der Waals surface area contributed by atoms with Gasteiger partial charge >= 0.3 is 5.97 Å². The maximum Gasteiger partial charge on any atom is 0.303 e. The second kappa shape index (κ2) is 22.1. The fraction of sp³-hybridized carbons (Fsp3) is 0.875. The van der Waals surface area contributed by atoms with Crippen molar-refractivity contribution >= 4 is 17.8 Å². The third-order valence-corrected chi connectivity index (χ3v) is 5.34. The summed E-state index contributed by atoms with van der Waals surface area (Å²) in [7, 11) is 0. The Morgan fingerprint density at radius 2 is 0.900 bits per heavy atom. The van der Waals surface area contributed by atoms with Crippen molar-refractivity contribution in [2.45, 2.75) is 122 Å². The van der Waals surface area contributed by atoms with Crippen LogP contribution in [0.15, 0.2) is 0 Å². The van der Waals surface area contributed by atoms with Gasteiger partial charge in [-0.1, -0.05) is 96.8 Å². The topological polar surface area (TPSA) is 95.5 Å². The number of hydrogen-bond donors (Lipinski definition) is 3. The van der Waals surface area contributed by atoms with E-state index in [9.17, 15) is 14.4 Å². The Hall–Kier alpha value is -1.59. The van der Waals surface area contributed by atoms with Gasteiger partial charge in [0, 0.05) is 25.9 Å². The predicted molar refractivity (Wildman–Crippen MR) is 122 cm³/mol. The van der Waals surface area contributed by atoms with E-state index in [2.05, 4.69) is 17.6 Å². The fourth-order valence-electron chi connectivity index (χ4n) is 3.46. The smallest absolute Gasteiger partial charge is 0.303 e. The van der Waals surface area contributed by atoms with Crippen LogP contribution in [0.5, 0.6) is 0 Å². The molecule has 0 saturated carbocycles. The van der Waals surface area contributed by atoms with Crippen molar-refractivity contribution in [3.8, 4) is 0 Å². The van der Waals surface area contributed by atoms with Gasteiger partial charge < -0.3 is 15.7 Å². The minimum absolute atomic E-state index is 0.0180. The van der Waals surface area contributed by atoms with Crippen molar-refractivity contribution in [3.63, 3.8) is 0 Å². The first kappa shape index (κ1) is 28.4. The van der Waals surface area contributed by atoms with E-state index < -0.39 is 5.97 Å². The van der Waals surface area contributed by atoms with Crippen LogP contribution < -0.4 is 10.6 Å². The number of hydrogen-bond acceptors (Lipinski definition) is 3. The van der Waals surface area contributed by atoms with Gasteiger partial charge in [0.1, 0.15) is 0 Å². The first-order valence-electron chi connectivity index (χ1n) is 12.3. The van der Waals surface area contributed by atoms with Gasteiger partial charge in [0.15, 0.2) is 0 Å². The zero-order chi connectivity index (χ0) is 22.3. The van der Waals surface area contributed by atoms with Gasteiger partial charge in [-0.3, -0.25) is 14.4 Å². The van der Waals surface area contributed by atoms with Gasteiger partial charge in [0.2, 0.25) is 11.8 Å². The second-order valence-electron chi connectivity index (χ2n) is 8.29. The number of unbranched alkanes of at least 4 members (excludes halogenated alkanes) is 14. The molecule has 176 valence electrons. The van der Waals surface area contributed by atoms with E-state index in [4.69, 9.17) is 5.11 Å². The molecule has 0 aromatic rings. The first-order chi connectivity index (χ1) is 14.6. The van der Waals surface area contributed by atoms with E-state index in [0.29, 0.717) is 19.5 Å². The second-order valence-corrected chi connectivity index (χ2v) is 8.29. The number of amides is 2. The molecule has 0 atom stereocenters. The van der Waals surface area contributed by atoms with E-state index >= 15 is 0 Å². The number of carboxylic acid groups (broad SMARTS) is 1. The zero-order valence-electron chi connectivity index (χ0n) is 19.3. The minimum Gasteiger partial charge on any atom is -0.481 e. The number of aliphatic carboxylic acids is 1. The lowest BCUT2D eigenvalue weighted by molar-refractivity contribution is -0.138. The van der Waals surface area contributed by atoms with Gasteiger partial charge in [0.05, 0.1) is 6.42 Å². The molecule has 0 bridgehead atoms. The quantitative estimate of drug-likeness (QED) is 0.203. The van der Waals surface area contributed by atoms with Crippen molar-refractivity contribution < 1.29 is 19.5 Å². The van der Waals surface area contributed by atoms with Crippen LogP contribution in [0.2, 0.25) is 0 Å². The average Bonchev–Trinajstić information content (AvgIpc) is 2.72. The highest BCUT2D eigenvalue weighted by atomic mass is 16.4. The molecule has 0 aliphatic carbocycles. The zero-order valence-corrected chi connectivity index (χ0v) is 19.3. The van der Waals surface area contributed by atoms with Crippen LogP contribution in [0, 0.1) is 0 Å². The summed E-state index contributed by atoms with van der Waals surface area (Å²) >= 11 is 0. The van der Waals surface area contributed by atoms with E-state index in [1.165, 1.54) is 83.5 Å². The summed E-state index contributed by atoms with van der Waals surface area (Å²) < 4.78 is 0. The Morgan fingerprint density at radius 3 is 1.30 bits per heavy atom. The van der Waals surface area contributed by atoms with Crippen LogP contribution in [0.1, 0.15) is 122 Å². The van der Waals surface area contributed by atoms with E-state index in [1.807, 2.05) is 0 Å². The highest BCUT2D eigenvalue weighted by Crippen LogP contribution is 2.13. The van der Waals surface area contributed by atoms with Crippen molar-refractivity contribution in [2.24, 2.45) is 0 Å². The molecule has 0 spiro atoms. The molecule has 0 radical (unpaired) electrons. The van der Waals surface area contributed by atoms with Gasteiger partial charge in [-0.15, -0.1) is 0 Å². The van der Waals surface area contributed by atoms with Gasteiger partial charge in [-0.25, -0.2) is 0 Å². The van der Waals surface area contributed by atoms with Crippen LogP contribution in [0.3, 0.4) is 0 Å². The Kier molecular flexibility index (Phi) is 20.9. The third kappa shape index (κ3) is 22.7. The minimum atomic E-state index is -0.984. The SMILES string of the molecule is CCCCCCCCCCCCCCCCCC(=O)NCCNC(=O)CCC(=O)O.